The predicted molar refractivity (Wildman–Crippen MR) is 105 cm³/mol. The van der Waals surface area contributed by atoms with E-state index < -0.39 is 0 Å². The maximum absolute atomic E-state index is 12.9. The molecule has 28 heavy (non-hydrogen) atoms. The minimum Gasteiger partial charge on any atom is -0.497 e. The van der Waals surface area contributed by atoms with Crippen LogP contribution in [0.25, 0.3) is 5.69 Å². The van der Waals surface area contributed by atoms with E-state index in [9.17, 15) is 4.79 Å². The van der Waals surface area contributed by atoms with Crippen LogP contribution in [0.4, 0.5) is 5.95 Å². The number of carbonyl (C=O) groups excluding carboxylic acids is 1. The van der Waals surface area contributed by atoms with Gasteiger partial charge in [-0.3, -0.25) is 4.79 Å². The lowest BCUT2D eigenvalue weighted by atomic mass is 10.2. The molecule has 0 bridgehead atoms. The minimum absolute atomic E-state index is 0.0571. The Morgan fingerprint density at radius 3 is 2.50 bits per heavy atom. The first-order valence-corrected chi connectivity index (χ1v) is 9.18. The third-order valence-electron chi connectivity index (χ3n) is 4.81. The van der Waals surface area contributed by atoms with Crippen molar-refractivity contribution in [3.8, 4) is 11.4 Å². The van der Waals surface area contributed by atoms with Crippen molar-refractivity contribution in [3.05, 3.63) is 60.2 Å². The molecule has 0 saturated carbocycles. The molecule has 3 aromatic rings. The standard InChI is InChI=1S/C20H22N6O2/c1-15-13-18(23-26(15)16-5-3-6-17(14-16)28-2)19(27)24-9-11-25(12-10-24)20-21-7-4-8-22-20/h3-8,13-14H,9-12H2,1-2H3. The quantitative estimate of drug-likeness (QED) is 0.691. The Bertz CT molecular complexity index is 964. The first-order valence-electron chi connectivity index (χ1n) is 9.18. The van der Waals surface area contributed by atoms with Crippen LogP contribution in [0.2, 0.25) is 0 Å². The van der Waals surface area contributed by atoms with Gasteiger partial charge in [0.2, 0.25) is 5.95 Å². The fraction of sp³-hybridized carbons (Fsp3) is 0.300. The summed E-state index contributed by atoms with van der Waals surface area (Å²) in [5.74, 6) is 1.39. The number of carbonyl (C=O) groups is 1. The van der Waals surface area contributed by atoms with Gasteiger partial charge in [0, 0.05) is 50.3 Å². The number of amides is 1. The summed E-state index contributed by atoms with van der Waals surface area (Å²) in [5.41, 5.74) is 2.21. The molecule has 0 aliphatic carbocycles. The number of rotatable bonds is 4. The molecule has 1 amide bonds. The molecule has 3 heterocycles. The number of piperazine rings is 1. The van der Waals surface area contributed by atoms with Gasteiger partial charge in [0.25, 0.3) is 5.91 Å². The lowest BCUT2D eigenvalue weighted by Crippen LogP contribution is -2.49. The summed E-state index contributed by atoms with van der Waals surface area (Å²) in [7, 11) is 1.63. The van der Waals surface area contributed by atoms with Gasteiger partial charge in [0.05, 0.1) is 12.8 Å². The Kier molecular flexibility index (Phi) is 4.92. The molecule has 4 rings (SSSR count). The molecule has 0 atom stereocenters. The van der Waals surface area contributed by atoms with E-state index in [0.29, 0.717) is 37.8 Å². The second kappa shape index (κ2) is 7.67. The van der Waals surface area contributed by atoms with Crippen molar-refractivity contribution in [1.82, 2.24) is 24.6 Å². The summed E-state index contributed by atoms with van der Waals surface area (Å²) in [5, 5.41) is 4.54. The second-order valence-electron chi connectivity index (χ2n) is 6.61. The van der Waals surface area contributed by atoms with E-state index in [-0.39, 0.29) is 5.91 Å². The average Bonchev–Trinajstić information content (AvgIpc) is 3.15. The van der Waals surface area contributed by atoms with Gasteiger partial charge in [-0.25, -0.2) is 14.6 Å². The molecule has 1 aliphatic rings. The number of hydrogen-bond donors (Lipinski definition) is 0. The molecule has 2 aromatic heterocycles. The van der Waals surface area contributed by atoms with Crippen LogP contribution in [-0.2, 0) is 0 Å². The monoisotopic (exact) mass is 378 g/mol. The Balaban J connectivity index is 1.47. The van der Waals surface area contributed by atoms with Crippen LogP contribution in [0.1, 0.15) is 16.2 Å². The molecule has 0 spiro atoms. The van der Waals surface area contributed by atoms with Crippen molar-refractivity contribution in [1.29, 1.82) is 0 Å². The number of anilines is 1. The molecule has 1 aromatic carbocycles. The first kappa shape index (κ1) is 18.0. The fourth-order valence-electron chi connectivity index (χ4n) is 3.31. The Labute approximate surface area is 163 Å². The van der Waals surface area contributed by atoms with Crippen LogP contribution in [-0.4, -0.2) is 63.8 Å². The Morgan fingerprint density at radius 1 is 1.04 bits per heavy atom. The van der Waals surface area contributed by atoms with E-state index in [2.05, 4.69) is 20.0 Å². The second-order valence-corrected chi connectivity index (χ2v) is 6.61. The van der Waals surface area contributed by atoms with Crippen molar-refractivity contribution < 1.29 is 9.53 Å². The lowest BCUT2D eigenvalue weighted by Gasteiger charge is -2.34. The van der Waals surface area contributed by atoms with Crippen LogP contribution in [0, 0.1) is 6.92 Å². The number of aryl methyl sites for hydroxylation is 1. The van der Waals surface area contributed by atoms with Crippen molar-refractivity contribution in [3.63, 3.8) is 0 Å². The zero-order valence-corrected chi connectivity index (χ0v) is 15.9. The molecule has 1 aliphatic heterocycles. The number of methoxy groups -OCH3 is 1. The smallest absolute Gasteiger partial charge is 0.274 e. The van der Waals surface area contributed by atoms with Gasteiger partial charge in [-0.2, -0.15) is 5.10 Å². The number of aromatic nitrogens is 4. The lowest BCUT2D eigenvalue weighted by molar-refractivity contribution is 0.0740. The van der Waals surface area contributed by atoms with E-state index in [0.717, 1.165) is 17.1 Å². The highest BCUT2D eigenvalue weighted by Gasteiger charge is 2.25. The molecule has 144 valence electrons. The first-order chi connectivity index (χ1) is 13.7. The molecule has 0 unspecified atom stereocenters. The normalized spacial score (nSPS) is 14.2. The third kappa shape index (κ3) is 3.53. The van der Waals surface area contributed by atoms with Crippen molar-refractivity contribution >= 4 is 11.9 Å². The summed E-state index contributed by atoms with van der Waals surface area (Å²) in [6.07, 6.45) is 3.46. The van der Waals surface area contributed by atoms with E-state index in [1.165, 1.54) is 0 Å². The van der Waals surface area contributed by atoms with E-state index in [4.69, 9.17) is 4.74 Å². The van der Waals surface area contributed by atoms with Gasteiger partial charge in [-0.1, -0.05) is 6.07 Å². The average molecular weight is 378 g/mol. The molecule has 8 heteroatoms. The number of ether oxygens (including phenoxy) is 1. The molecule has 0 N–H and O–H groups in total. The van der Waals surface area contributed by atoms with E-state index in [1.54, 1.807) is 30.3 Å². The van der Waals surface area contributed by atoms with E-state index in [1.807, 2.05) is 42.2 Å². The SMILES string of the molecule is COc1cccc(-n2nc(C(=O)N3CCN(c4ncccn4)CC3)cc2C)c1. The van der Waals surface area contributed by atoms with Gasteiger partial charge in [0.1, 0.15) is 5.75 Å². The highest BCUT2D eigenvalue weighted by Crippen LogP contribution is 2.19. The van der Waals surface area contributed by atoms with Crippen LogP contribution >= 0.6 is 0 Å². The summed E-state index contributed by atoms with van der Waals surface area (Å²) < 4.78 is 7.05. The van der Waals surface area contributed by atoms with Crippen LogP contribution < -0.4 is 9.64 Å². The van der Waals surface area contributed by atoms with E-state index >= 15 is 0 Å². The van der Waals surface area contributed by atoms with Gasteiger partial charge in [-0.05, 0) is 31.2 Å². The summed E-state index contributed by atoms with van der Waals surface area (Å²) >= 11 is 0. The van der Waals surface area contributed by atoms with Crippen LogP contribution in [0.3, 0.4) is 0 Å². The molecule has 1 saturated heterocycles. The van der Waals surface area contributed by atoms with Crippen LogP contribution in [0.15, 0.2) is 48.8 Å². The van der Waals surface area contributed by atoms with Crippen molar-refractivity contribution in [2.24, 2.45) is 0 Å². The van der Waals surface area contributed by atoms with Gasteiger partial charge in [0.15, 0.2) is 5.69 Å². The van der Waals surface area contributed by atoms with Crippen molar-refractivity contribution in [2.45, 2.75) is 6.92 Å². The minimum atomic E-state index is -0.0571. The summed E-state index contributed by atoms with van der Waals surface area (Å²) in [6, 6.07) is 11.2. The molecule has 1 fully saturated rings. The summed E-state index contributed by atoms with van der Waals surface area (Å²) in [6.45, 7) is 4.56. The summed E-state index contributed by atoms with van der Waals surface area (Å²) in [4.78, 5) is 25.4. The zero-order chi connectivity index (χ0) is 19.5. The van der Waals surface area contributed by atoms with Gasteiger partial charge in [-0.15, -0.1) is 0 Å². The zero-order valence-electron chi connectivity index (χ0n) is 15.9. The number of nitrogens with zero attached hydrogens (tertiary/aromatic N) is 6. The molecular weight excluding hydrogens is 356 g/mol. The van der Waals surface area contributed by atoms with Gasteiger partial charge >= 0.3 is 0 Å². The van der Waals surface area contributed by atoms with Crippen molar-refractivity contribution in [2.75, 3.05) is 38.2 Å². The third-order valence-corrected chi connectivity index (χ3v) is 4.81. The number of hydrogen-bond acceptors (Lipinski definition) is 6. The van der Waals surface area contributed by atoms with Crippen LogP contribution in [0.5, 0.6) is 5.75 Å². The fourth-order valence-corrected chi connectivity index (χ4v) is 3.31. The Morgan fingerprint density at radius 2 is 1.79 bits per heavy atom. The highest BCUT2D eigenvalue weighted by atomic mass is 16.5. The molecule has 8 nitrogen and oxygen atoms in total. The maximum Gasteiger partial charge on any atom is 0.274 e. The highest BCUT2D eigenvalue weighted by molar-refractivity contribution is 5.92. The number of benzene rings is 1. The molecular formula is C20H22N6O2. The maximum atomic E-state index is 12.9. The molecule has 0 radical (unpaired) electrons. The largest absolute Gasteiger partial charge is 0.497 e. The topological polar surface area (TPSA) is 76.4 Å². The predicted octanol–water partition coefficient (Wildman–Crippen LogP) is 1.94. The van der Waals surface area contributed by atoms with Gasteiger partial charge < -0.3 is 14.5 Å². The Hall–Kier alpha value is -3.42.